The summed E-state index contributed by atoms with van der Waals surface area (Å²) < 4.78 is 0. The van der Waals surface area contributed by atoms with Crippen LogP contribution < -0.4 is 10.2 Å². The zero-order valence-corrected chi connectivity index (χ0v) is 10.7. The first kappa shape index (κ1) is 12.2. The van der Waals surface area contributed by atoms with Crippen LogP contribution in [0.25, 0.3) is 0 Å². The van der Waals surface area contributed by atoms with Crippen molar-refractivity contribution in [3.8, 4) is 0 Å². The number of nitrogens with zero attached hydrogens (tertiary/aromatic N) is 2. The van der Waals surface area contributed by atoms with Crippen LogP contribution in [-0.4, -0.2) is 25.1 Å². The number of hydrogen-bond acceptors (Lipinski definition) is 4. The first-order valence-corrected chi connectivity index (χ1v) is 5.85. The van der Waals surface area contributed by atoms with Crippen molar-refractivity contribution in [2.75, 3.05) is 19.0 Å². The van der Waals surface area contributed by atoms with Crippen molar-refractivity contribution in [1.29, 1.82) is 0 Å². The standard InChI is InChI=1S/C11H19N3S/c1-6-8(2)12-7-10-9(3)13-11(15-10)14(4)5/h6,8,12H,1,7H2,2-5H3. The van der Waals surface area contributed by atoms with Crippen LogP contribution in [-0.2, 0) is 6.54 Å². The lowest BCUT2D eigenvalue weighted by Gasteiger charge is -2.07. The smallest absolute Gasteiger partial charge is 0.185 e. The lowest BCUT2D eigenvalue weighted by atomic mass is 10.3. The molecular formula is C11H19N3S. The molecule has 0 saturated heterocycles. The molecule has 4 heteroatoms. The van der Waals surface area contributed by atoms with Gasteiger partial charge in [-0.3, -0.25) is 0 Å². The van der Waals surface area contributed by atoms with Crippen LogP contribution in [0.4, 0.5) is 5.13 Å². The third kappa shape index (κ3) is 3.32. The Hall–Kier alpha value is -0.870. The fraction of sp³-hybridized carbons (Fsp3) is 0.545. The van der Waals surface area contributed by atoms with Crippen LogP contribution in [0.5, 0.6) is 0 Å². The van der Waals surface area contributed by atoms with Crippen LogP contribution in [0.1, 0.15) is 17.5 Å². The van der Waals surface area contributed by atoms with Gasteiger partial charge >= 0.3 is 0 Å². The molecule has 1 heterocycles. The highest BCUT2D eigenvalue weighted by Gasteiger charge is 2.08. The van der Waals surface area contributed by atoms with Gasteiger partial charge in [0, 0.05) is 31.6 Å². The molecule has 1 rings (SSSR count). The van der Waals surface area contributed by atoms with E-state index in [1.165, 1.54) is 4.88 Å². The van der Waals surface area contributed by atoms with Gasteiger partial charge in [0.15, 0.2) is 5.13 Å². The monoisotopic (exact) mass is 225 g/mol. The van der Waals surface area contributed by atoms with E-state index < -0.39 is 0 Å². The van der Waals surface area contributed by atoms with E-state index in [9.17, 15) is 0 Å². The molecule has 3 nitrogen and oxygen atoms in total. The van der Waals surface area contributed by atoms with E-state index in [0.29, 0.717) is 6.04 Å². The van der Waals surface area contributed by atoms with Crippen molar-refractivity contribution < 1.29 is 0 Å². The van der Waals surface area contributed by atoms with E-state index in [1.54, 1.807) is 11.3 Å². The van der Waals surface area contributed by atoms with E-state index in [0.717, 1.165) is 17.4 Å². The first-order chi connectivity index (χ1) is 7.04. The largest absolute Gasteiger partial charge is 0.354 e. The molecule has 1 aromatic rings. The zero-order chi connectivity index (χ0) is 11.4. The maximum absolute atomic E-state index is 4.49. The SMILES string of the molecule is C=CC(C)NCc1sc(N(C)C)nc1C. The Morgan fingerprint density at radius 3 is 2.73 bits per heavy atom. The number of aryl methyl sites for hydroxylation is 1. The Kier molecular flexibility index (Phi) is 4.29. The number of thiazole rings is 1. The van der Waals surface area contributed by atoms with E-state index in [2.05, 4.69) is 30.7 Å². The summed E-state index contributed by atoms with van der Waals surface area (Å²) in [5.41, 5.74) is 1.12. The van der Waals surface area contributed by atoms with E-state index in [4.69, 9.17) is 0 Å². The topological polar surface area (TPSA) is 28.2 Å². The highest BCUT2D eigenvalue weighted by molar-refractivity contribution is 7.15. The fourth-order valence-electron chi connectivity index (χ4n) is 1.10. The van der Waals surface area contributed by atoms with Crippen LogP contribution >= 0.6 is 11.3 Å². The van der Waals surface area contributed by atoms with Crippen LogP contribution in [0.2, 0.25) is 0 Å². The predicted octanol–water partition coefficient (Wildman–Crippen LogP) is 2.18. The van der Waals surface area contributed by atoms with Gasteiger partial charge in [-0.15, -0.1) is 17.9 Å². The first-order valence-electron chi connectivity index (χ1n) is 5.04. The number of anilines is 1. The van der Waals surface area contributed by atoms with E-state index in [1.807, 2.05) is 25.1 Å². The predicted molar refractivity (Wildman–Crippen MR) is 67.7 cm³/mol. The maximum Gasteiger partial charge on any atom is 0.185 e. The molecule has 1 atom stereocenters. The molecule has 0 aromatic carbocycles. The fourth-order valence-corrected chi connectivity index (χ4v) is 2.04. The average Bonchev–Trinajstić information content (AvgIpc) is 2.56. The number of rotatable bonds is 5. The number of nitrogens with one attached hydrogen (secondary N) is 1. The summed E-state index contributed by atoms with van der Waals surface area (Å²) in [7, 11) is 4.03. The van der Waals surface area contributed by atoms with Gasteiger partial charge in [-0.25, -0.2) is 4.98 Å². The Labute approximate surface area is 95.8 Å². The quantitative estimate of drug-likeness (QED) is 0.779. The van der Waals surface area contributed by atoms with E-state index >= 15 is 0 Å². The van der Waals surface area contributed by atoms with E-state index in [-0.39, 0.29) is 0 Å². The molecule has 15 heavy (non-hydrogen) atoms. The molecule has 0 bridgehead atoms. The van der Waals surface area contributed by atoms with Gasteiger partial charge < -0.3 is 10.2 Å². The molecule has 1 aromatic heterocycles. The van der Waals surface area contributed by atoms with Gasteiger partial charge in [-0.1, -0.05) is 6.08 Å². The molecule has 1 unspecified atom stereocenters. The Bertz CT molecular complexity index is 331. The van der Waals surface area contributed by atoms with Crippen molar-refractivity contribution in [3.05, 3.63) is 23.2 Å². The summed E-state index contributed by atoms with van der Waals surface area (Å²) in [5, 5.41) is 4.44. The highest BCUT2D eigenvalue weighted by atomic mass is 32.1. The normalized spacial score (nSPS) is 12.5. The van der Waals surface area contributed by atoms with Crippen molar-refractivity contribution in [2.24, 2.45) is 0 Å². The minimum Gasteiger partial charge on any atom is -0.354 e. The summed E-state index contributed by atoms with van der Waals surface area (Å²) >= 11 is 1.74. The Morgan fingerprint density at radius 1 is 1.60 bits per heavy atom. The molecule has 0 radical (unpaired) electrons. The molecular weight excluding hydrogens is 206 g/mol. The van der Waals surface area contributed by atoms with Crippen molar-refractivity contribution >= 4 is 16.5 Å². The van der Waals surface area contributed by atoms with Gasteiger partial charge in [0.2, 0.25) is 0 Å². The molecule has 0 spiro atoms. The molecule has 1 N–H and O–H groups in total. The van der Waals surface area contributed by atoms with Crippen LogP contribution in [0.3, 0.4) is 0 Å². The molecule has 0 amide bonds. The van der Waals surface area contributed by atoms with Gasteiger partial charge in [0.1, 0.15) is 0 Å². The Balaban J connectivity index is 2.65. The second-order valence-electron chi connectivity index (χ2n) is 3.80. The van der Waals surface area contributed by atoms with Gasteiger partial charge in [0.25, 0.3) is 0 Å². The molecule has 0 fully saturated rings. The minimum atomic E-state index is 0.342. The second kappa shape index (κ2) is 5.28. The third-order valence-electron chi connectivity index (χ3n) is 2.20. The summed E-state index contributed by atoms with van der Waals surface area (Å²) in [6.45, 7) is 8.76. The maximum atomic E-state index is 4.49. The summed E-state index contributed by atoms with van der Waals surface area (Å²) in [4.78, 5) is 7.83. The molecule has 0 aliphatic carbocycles. The third-order valence-corrected chi connectivity index (χ3v) is 3.53. The lowest BCUT2D eigenvalue weighted by molar-refractivity contribution is 0.637. The van der Waals surface area contributed by atoms with Crippen molar-refractivity contribution in [1.82, 2.24) is 10.3 Å². The number of hydrogen-bond donors (Lipinski definition) is 1. The van der Waals surface area contributed by atoms with Gasteiger partial charge in [0.05, 0.1) is 5.69 Å². The van der Waals surface area contributed by atoms with Gasteiger partial charge in [-0.05, 0) is 13.8 Å². The second-order valence-corrected chi connectivity index (χ2v) is 4.87. The molecule has 0 aliphatic heterocycles. The van der Waals surface area contributed by atoms with Crippen LogP contribution in [0, 0.1) is 6.92 Å². The van der Waals surface area contributed by atoms with Crippen molar-refractivity contribution in [3.63, 3.8) is 0 Å². The summed E-state index contributed by atoms with van der Waals surface area (Å²) in [6, 6.07) is 0.342. The summed E-state index contributed by atoms with van der Waals surface area (Å²) in [6.07, 6.45) is 1.91. The molecule has 0 saturated carbocycles. The van der Waals surface area contributed by atoms with Crippen molar-refractivity contribution in [2.45, 2.75) is 26.4 Å². The Morgan fingerprint density at radius 2 is 2.27 bits per heavy atom. The zero-order valence-electron chi connectivity index (χ0n) is 9.87. The van der Waals surface area contributed by atoms with Gasteiger partial charge in [-0.2, -0.15) is 0 Å². The summed E-state index contributed by atoms with van der Waals surface area (Å²) in [5.74, 6) is 0. The molecule has 0 aliphatic rings. The number of aromatic nitrogens is 1. The highest BCUT2D eigenvalue weighted by Crippen LogP contribution is 2.24. The average molecular weight is 225 g/mol. The molecule has 84 valence electrons. The minimum absolute atomic E-state index is 0.342. The lowest BCUT2D eigenvalue weighted by Crippen LogP contribution is -2.22. The van der Waals surface area contributed by atoms with Crippen LogP contribution in [0.15, 0.2) is 12.7 Å².